The topological polar surface area (TPSA) is 86.1 Å². The number of hydrogen-bond acceptors (Lipinski definition) is 5. The molecule has 3 aromatic rings. The summed E-state index contributed by atoms with van der Waals surface area (Å²) < 4.78 is 40.5. The first-order valence-electron chi connectivity index (χ1n) is 12.7. The summed E-state index contributed by atoms with van der Waals surface area (Å²) in [5, 5.41) is 6.86. The minimum Gasteiger partial charge on any atom is -0.371 e. The number of carbonyl (C=O) groups excluding carboxylic acids is 2. The van der Waals surface area contributed by atoms with Crippen LogP contribution in [0.2, 0.25) is 0 Å². The Hall–Kier alpha value is -3.83. The largest absolute Gasteiger partial charge is 0.417 e. The van der Waals surface area contributed by atoms with Gasteiger partial charge in [0.05, 0.1) is 34.7 Å². The average Bonchev–Trinajstić information content (AvgIpc) is 3.51. The molecule has 2 saturated heterocycles. The van der Waals surface area contributed by atoms with Crippen LogP contribution in [0.15, 0.2) is 43.0 Å². The molecule has 2 aliphatic heterocycles. The Morgan fingerprint density at radius 1 is 1.11 bits per heavy atom. The van der Waals surface area contributed by atoms with Crippen LogP contribution in [-0.4, -0.2) is 75.6 Å². The summed E-state index contributed by atoms with van der Waals surface area (Å²) in [4.78, 5) is 35.2. The molecule has 9 nitrogen and oxygen atoms in total. The van der Waals surface area contributed by atoms with Gasteiger partial charge in [-0.15, -0.1) is 0 Å². The Labute approximate surface area is 217 Å². The average molecular weight is 528 g/mol. The second kappa shape index (κ2) is 8.88. The van der Waals surface area contributed by atoms with Gasteiger partial charge in [0, 0.05) is 62.8 Å². The van der Waals surface area contributed by atoms with Gasteiger partial charge in [-0.25, -0.2) is 9.31 Å². The first-order valence-corrected chi connectivity index (χ1v) is 12.7. The molecule has 1 spiro atoms. The van der Waals surface area contributed by atoms with Crippen LogP contribution in [0.4, 0.5) is 29.3 Å². The van der Waals surface area contributed by atoms with Crippen molar-refractivity contribution in [1.29, 1.82) is 0 Å². The van der Waals surface area contributed by atoms with E-state index in [0.29, 0.717) is 18.7 Å². The lowest BCUT2D eigenvalue weighted by Gasteiger charge is -2.60. The summed E-state index contributed by atoms with van der Waals surface area (Å²) in [5.74, 6) is -0.0456. The lowest BCUT2D eigenvalue weighted by Crippen LogP contribution is -2.67. The van der Waals surface area contributed by atoms with Gasteiger partial charge in [0.25, 0.3) is 5.91 Å². The van der Waals surface area contributed by atoms with Crippen LogP contribution in [0.1, 0.15) is 41.6 Å². The van der Waals surface area contributed by atoms with E-state index in [1.807, 2.05) is 23.2 Å². The molecule has 5 heterocycles. The Kier molecular flexibility index (Phi) is 5.73. The maximum atomic E-state index is 13.3. The maximum Gasteiger partial charge on any atom is 0.417 e. The number of anilines is 2. The summed E-state index contributed by atoms with van der Waals surface area (Å²) in [5.41, 5.74) is 1.53. The molecular formula is C26H28F3N7O2. The van der Waals surface area contributed by atoms with Gasteiger partial charge in [-0.05, 0) is 43.9 Å². The highest BCUT2D eigenvalue weighted by Crippen LogP contribution is 2.50. The van der Waals surface area contributed by atoms with Gasteiger partial charge in [0.1, 0.15) is 0 Å². The number of nitrogens with one attached hydrogen (secondary N) is 1. The van der Waals surface area contributed by atoms with Crippen molar-refractivity contribution in [3.05, 3.63) is 54.1 Å². The Bertz CT molecular complexity index is 1380. The van der Waals surface area contributed by atoms with E-state index in [2.05, 4.69) is 20.3 Å². The van der Waals surface area contributed by atoms with Crippen LogP contribution < -0.4 is 10.2 Å². The SMILES string of the molecule is CN(C(=O)Nc1cncc(C(F)(F)F)c1)C1CC2(C1)CN(C(=O)c1cnn3ccc(N4CCCC4)cc13)C2. The summed E-state index contributed by atoms with van der Waals surface area (Å²) >= 11 is 0. The number of nitrogens with zero attached hydrogens (tertiary/aromatic N) is 6. The number of halogens is 3. The third-order valence-corrected chi connectivity index (χ3v) is 8.07. The van der Waals surface area contributed by atoms with E-state index in [0.717, 1.165) is 49.4 Å². The zero-order valence-electron chi connectivity index (χ0n) is 20.9. The van der Waals surface area contributed by atoms with Gasteiger partial charge in [-0.3, -0.25) is 9.78 Å². The number of carbonyl (C=O) groups is 2. The van der Waals surface area contributed by atoms with E-state index in [-0.39, 0.29) is 23.1 Å². The molecule has 38 heavy (non-hydrogen) atoms. The third-order valence-electron chi connectivity index (χ3n) is 8.07. The second-order valence-electron chi connectivity index (χ2n) is 10.7. The molecule has 1 saturated carbocycles. The molecule has 0 unspecified atom stereocenters. The predicted molar refractivity (Wildman–Crippen MR) is 134 cm³/mol. The molecule has 0 bridgehead atoms. The molecular weight excluding hydrogens is 499 g/mol. The number of alkyl halides is 3. The van der Waals surface area contributed by atoms with Gasteiger partial charge >= 0.3 is 12.2 Å². The van der Waals surface area contributed by atoms with Gasteiger partial charge in [0.15, 0.2) is 0 Å². The molecule has 3 amide bonds. The molecule has 1 N–H and O–H groups in total. The molecule has 0 atom stereocenters. The minimum atomic E-state index is -4.53. The molecule has 0 aromatic carbocycles. The lowest BCUT2D eigenvalue weighted by molar-refractivity contribution is -0.137. The number of pyridine rings is 2. The summed E-state index contributed by atoms with van der Waals surface area (Å²) in [6.07, 6.45) is 4.70. The Morgan fingerprint density at radius 3 is 2.55 bits per heavy atom. The van der Waals surface area contributed by atoms with Crippen LogP contribution in [0.3, 0.4) is 0 Å². The maximum absolute atomic E-state index is 13.3. The van der Waals surface area contributed by atoms with E-state index in [1.54, 1.807) is 17.8 Å². The van der Waals surface area contributed by atoms with Gasteiger partial charge in [0.2, 0.25) is 0 Å². The van der Waals surface area contributed by atoms with Crippen LogP contribution in [0, 0.1) is 5.41 Å². The van der Waals surface area contributed by atoms with Crippen molar-refractivity contribution < 1.29 is 22.8 Å². The zero-order valence-corrected chi connectivity index (χ0v) is 20.9. The van der Waals surface area contributed by atoms with Crippen molar-refractivity contribution in [2.24, 2.45) is 5.41 Å². The first-order chi connectivity index (χ1) is 18.1. The Morgan fingerprint density at radius 2 is 1.84 bits per heavy atom. The van der Waals surface area contributed by atoms with Crippen LogP contribution >= 0.6 is 0 Å². The number of aromatic nitrogens is 3. The highest BCUT2D eigenvalue weighted by atomic mass is 19.4. The van der Waals surface area contributed by atoms with Crippen LogP contribution in [-0.2, 0) is 6.18 Å². The van der Waals surface area contributed by atoms with Crippen molar-refractivity contribution in [3.8, 4) is 0 Å². The number of rotatable bonds is 4. The van der Waals surface area contributed by atoms with Crippen LogP contribution in [0.5, 0.6) is 0 Å². The molecule has 1 aliphatic carbocycles. The Balaban J connectivity index is 1.05. The summed E-state index contributed by atoms with van der Waals surface area (Å²) in [7, 11) is 1.63. The number of fused-ring (bicyclic) bond motifs is 1. The van der Waals surface area contributed by atoms with Crippen molar-refractivity contribution in [3.63, 3.8) is 0 Å². The number of likely N-dealkylation sites (tertiary alicyclic amines) is 1. The fraction of sp³-hybridized carbons (Fsp3) is 0.462. The molecule has 3 fully saturated rings. The molecule has 0 radical (unpaired) electrons. The summed E-state index contributed by atoms with van der Waals surface area (Å²) in [6, 6.07) is 4.39. The molecule has 3 aliphatic rings. The standard InChI is InChI=1S/C26H28F3N7O2/c1-33(24(38)32-18-8-17(12-30-13-18)26(27,28)29)20-10-25(11-20)15-35(16-25)23(37)21-14-31-36-7-4-19(9-22(21)36)34-5-2-3-6-34/h4,7-9,12-14,20H,2-3,5-6,10-11,15-16H2,1H3,(H,32,38). The first kappa shape index (κ1) is 24.5. The molecule has 3 aromatic heterocycles. The summed E-state index contributed by atoms with van der Waals surface area (Å²) in [6.45, 7) is 3.26. The minimum absolute atomic E-state index is 0.00702. The van der Waals surface area contributed by atoms with Gasteiger partial charge < -0.3 is 20.0 Å². The number of hydrogen-bond donors (Lipinski definition) is 1. The van der Waals surface area contributed by atoms with Gasteiger partial charge in [-0.2, -0.15) is 18.3 Å². The molecule has 6 rings (SSSR count). The highest BCUT2D eigenvalue weighted by molar-refractivity contribution is 6.01. The molecule has 12 heteroatoms. The van der Waals surface area contributed by atoms with E-state index in [9.17, 15) is 22.8 Å². The van der Waals surface area contributed by atoms with E-state index in [1.165, 1.54) is 23.9 Å². The predicted octanol–water partition coefficient (Wildman–Crippen LogP) is 4.12. The highest BCUT2D eigenvalue weighted by Gasteiger charge is 2.55. The van der Waals surface area contributed by atoms with Crippen molar-refractivity contribution in [2.75, 3.05) is 43.4 Å². The number of amides is 3. The third kappa shape index (κ3) is 4.31. The number of urea groups is 1. The van der Waals surface area contributed by atoms with E-state index in [4.69, 9.17) is 0 Å². The second-order valence-corrected chi connectivity index (χ2v) is 10.7. The van der Waals surface area contributed by atoms with Crippen molar-refractivity contribution in [1.82, 2.24) is 24.4 Å². The fourth-order valence-electron chi connectivity index (χ4n) is 5.90. The smallest absolute Gasteiger partial charge is 0.371 e. The fourth-order valence-corrected chi connectivity index (χ4v) is 5.90. The van der Waals surface area contributed by atoms with Crippen molar-refractivity contribution >= 4 is 28.8 Å². The van der Waals surface area contributed by atoms with Crippen molar-refractivity contribution in [2.45, 2.75) is 37.9 Å². The van der Waals surface area contributed by atoms with E-state index >= 15 is 0 Å². The molecule has 200 valence electrons. The normalized spacial score (nSPS) is 18.9. The van der Waals surface area contributed by atoms with Crippen LogP contribution in [0.25, 0.3) is 5.52 Å². The van der Waals surface area contributed by atoms with E-state index < -0.39 is 17.8 Å². The quantitative estimate of drug-likeness (QED) is 0.552. The zero-order chi connectivity index (χ0) is 26.7. The van der Waals surface area contributed by atoms with Gasteiger partial charge in [-0.1, -0.05) is 0 Å². The lowest BCUT2D eigenvalue weighted by atomic mass is 9.60. The monoisotopic (exact) mass is 527 g/mol.